The summed E-state index contributed by atoms with van der Waals surface area (Å²) in [5.74, 6) is 1.62. The summed E-state index contributed by atoms with van der Waals surface area (Å²) in [6.07, 6.45) is 6.34. The van der Waals surface area contributed by atoms with Gasteiger partial charge in [-0.25, -0.2) is 4.98 Å². The number of likely N-dealkylation sites (tertiary alicyclic amines) is 1. The maximum atomic E-state index is 13.6. The van der Waals surface area contributed by atoms with Gasteiger partial charge in [0.1, 0.15) is 16.9 Å². The Hall–Kier alpha value is -3.35. The lowest BCUT2D eigenvalue weighted by Gasteiger charge is -2.47. The molecule has 1 atom stereocenters. The molecule has 5 heterocycles. The van der Waals surface area contributed by atoms with Crippen molar-refractivity contribution < 1.29 is 9.32 Å². The molecular formula is C25H29N5O2. The van der Waals surface area contributed by atoms with Gasteiger partial charge in [0.05, 0.1) is 17.1 Å². The van der Waals surface area contributed by atoms with Crippen LogP contribution in [0.2, 0.25) is 0 Å². The highest BCUT2D eigenvalue weighted by Crippen LogP contribution is 2.47. The van der Waals surface area contributed by atoms with E-state index in [1.54, 1.807) is 0 Å². The molecule has 0 N–H and O–H groups in total. The predicted octanol–water partition coefficient (Wildman–Crippen LogP) is 4.26. The van der Waals surface area contributed by atoms with Gasteiger partial charge in [-0.1, -0.05) is 24.2 Å². The Morgan fingerprint density at radius 3 is 2.94 bits per heavy atom. The molecule has 1 spiro atoms. The van der Waals surface area contributed by atoms with Gasteiger partial charge in [-0.15, -0.1) is 0 Å². The number of fused-ring (bicyclic) bond motifs is 4. The van der Waals surface area contributed by atoms with E-state index in [4.69, 9.17) is 4.52 Å². The lowest BCUT2D eigenvalue weighted by Crippen LogP contribution is -2.53. The van der Waals surface area contributed by atoms with Crippen molar-refractivity contribution in [1.29, 1.82) is 0 Å². The van der Waals surface area contributed by atoms with E-state index in [0.29, 0.717) is 43.1 Å². The molecule has 3 aromatic heterocycles. The largest absolute Gasteiger partial charge is 0.360 e. The third-order valence-electron chi connectivity index (χ3n) is 6.61. The Kier molecular flexibility index (Phi) is 4.92. The first-order valence-corrected chi connectivity index (χ1v) is 11.3. The zero-order valence-electron chi connectivity index (χ0n) is 19.0. The van der Waals surface area contributed by atoms with E-state index in [9.17, 15) is 4.79 Å². The van der Waals surface area contributed by atoms with Gasteiger partial charge in [0.2, 0.25) is 0 Å². The number of anilines is 1. The van der Waals surface area contributed by atoms with Crippen molar-refractivity contribution >= 4 is 11.6 Å². The maximum absolute atomic E-state index is 13.6. The Balaban J connectivity index is 1.57. The first-order valence-electron chi connectivity index (χ1n) is 11.3. The molecule has 32 heavy (non-hydrogen) atoms. The summed E-state index contributed by atoms with van der Waals surface area (Å²) < 4.78 is 7.66. The highest BCUT2D eigenvalue weighted by Gasteiger charge is 2.51. The second-order valence-electron chi connectivity index (χ2n) is 8.98. The van der Waals surface area contributed by atoms with Crippen molar-refractivity contribution in [3.8, 4) is 5.82 Å². The second kappa shape index (κ2) is 7.65. The lowest BCUT2D eigenvalue weighted by molar-refractivity contribution is 0.0779. The summed E-state index contributed by atoms with van der Waals surface area (Å²) in [5, 5.41) is 4.09. The van der Waals surface area contributed by atoms with Crippen LogP contribution in [0.15, 0.2) is 53.3 Å². The fourth-order valence-electron chi connectivity index (χ4n) is 5.25. The van der Waals surface area contributed by atoms with Crippen LogP contribution in [0.4, 0.5) is 5.69 Å². The van der Waals surface area contributed by atoms with Crippen LogP contribution in [-0.2, 0) is 12.0 Å². The number of nitrogens with zero attached hydrogens (tertiary/aromatic N) is 5. The van der Waals surface area contributed by atoms with Crippen LogP contribution in [0, 0.1) is 6.92 Å². The van der Waals surface area contributed by atoms with Gasteiger partial charge in [-0.3, -0.25) is 4.79 Å². The summed E-state index contributed by atoms with van der Waals surface area (Å²) in [4.78, 5) is 22.7. The average Bonchev–Trinajstić information content (AvgIpc) is 3.51. The predicted molar refractivity (Wildman–Crippen MR) is 123 cm³/mol. The minimum atomic E-state index is -0.343. The smallest absolute Gasteiger partial charge is 0.259 e. The minimum absolute atomic E-state index is 0.00874. The van der Waals surface area contributed by atoms with Crippen LogP contribution >= 0.6 is 0 Å². The summed E-state index contributed by atoms with van der Waals surface area (Å²) in [7, 11) is 0. The summed E-state index contributed by atoms with van der Waals surface area (Å²) in [6, 6.07) is 8.31. The summed E-state index contributed by atoms with van der Waals surface area (Å²) >= 11 is 0. The number of pyridine rings is 1. The van der Waals surface area contributed by atoms with Crippen molar-refractivity contribution in [2.75, 3.05) is 24.5 Å². The van der Waals surface area contributed by atoms with Crippen LogP contribution in [0.1, 0.15) is 54.2 Å². The molecule has 7 nitrogen and oxygen atoms in total. The molecular weight excluding hydrogens is 402 g/mol. The van der Waals surface area contributed by atoms with Crippen molar-refractivity contribution in [2.45, 2.75) is 45.6 Å². The minimum Gasteiger partial charge on any atom is -0.360 e. The van der Waals surface area contributed by atoms with Crippen LogP contribution < -0.4 is 4.90 Å². The van der Waals surface area contributed by atoms with E-state index < -0.39 is 0 Å². The summed E-state index contributed by atoms with van der Waals surface area (Å²) in [6.45, 7) is 12.1. The molecule has 1 fully saturated rings. The summed E-state index contributed by atoms with van der Waals surface area (Å²) in [5.41, 5.74) is 4.26. The maximum Gasteiger partial charge on any atom is 0.259 e. The quantitative estimate of drug-likeness (QED) is 0.565. The fraction of sp³-hybridized carbons (Fsp3) is 0.400. The van der Waals surface area contributed by atoms with E-state index >= 15 is 0 Å². The fourth-order valence-corrected chi connectivity index (χ4v) is 5.25. The van der Waals surface area contributed by atoms with Crippen LogP contribution in [0.3, 0.4) is 0 Å². The molecule has 5 rings (SSSR count). The van der Waals surface area contributed by atoms with Gasteiger partial charge in [0.25, 0.3) is 5.91 Å². The Bertz CT molecular complexity index is 1190. The second-order valence-corrected chi connectivity index (χ2v) is 8.98. The third-order valence-corrected chi connectivity index (χ3v) is 6.61. The molecule has 3 aromatic rings. The molecule has 1 saturated heterocycles. The first kappa shape index (κ1) is 20.5. The molecule has 0 aliphatic carbocycles. The first-order chi connectivity index (χ1) is 15.5. The average molecular weight is 432 g/mol. The van der Waals surface area contributed by atoms with Gasteiger partial charge < -0.3 is 18.9 Å². The van der Waals surface area contributed by atoms with Gasteiger partial charge in [0, 0.05) is 38.4 Å². The SMILES string of the molecule is C=C(C)CN1c2cccnc2-n2cccc2[C@]12CCN(C(=O)c1c(C)noc1CCC)C2. The van der Waals surface area contributed by atoms with Crippen LogP contribution in [0.25, 0.3) is 5.82 Å². The molecule has 1 amide bonds. The molecule has 2 aliphatic heterocycles. The number of amides is 1. The molecule has 2 aliphatic rings. The Morgan fingerprint density at radius 1 is 1.31 bits per heavy atom. The van der Waals surface area contributed by atoms with E-state index in [2.05, 4.69) is 57.5 Å². The van der Waals surface area contributed by atoms with Crippen molar-refractivity contribution in [1.82, 2.24) is 19.6 Å². The van der Waals surface area contributed by atoms with Gasteiger partial charge >= 0.3 is 0 Å². The Labute approximate surface area is 188 Å². The molecule has 7 heteroatoms. The monoisotopic (exact) mass is 431 g/mol. The zero-order chi connectivity index (χ0) is 22.5. The molecule has 0 radical (unpaired) electrons. The van der Waals surface area contributed by atoms with Crippen molar-refractivity contribution in [2.24, 2.45) is 0 Å². The lowest BCUT2D eigenvalue weighted by atomic mass is 9.88. The van der Waals surface area contributed by atoms with E-state index in [1.807, 2.05) is 31.0 Å². The van der Waals surface area contributed by atoms with E-state index in [0.717, 1.165) is 35.6 Å². The highest BCUT2D eigenvalue weighted by molar-refractivity contribution is 5.96. The number of carbonyl (C=O) groups excluding carboxylic acids is 1. The van der Waals surface area contributed by atoms with Crippen molar-refractivity contribution in [3.05, 3.63) is 71.5 Å². The molecule has 0 unspecified atom stereocenters. The van der Waals surface area contributed by atoms with Gasteiger partial charge in [-0.05, 0) is 51.0 Å². The standard InChI is InChI=1S/C25H29N5O2/c1-5-8-20-22(18(4)27-32-20)24(31)28-14-11-25(16-28)21-10-7-13-29(21)23-19(9-6-12-26-23)30(25)15-17(2)3/h6-7,9-10,12-13H,2,5,8,11,14-16H2,1,3-4H3/t25-/m1/s1. The zero-order valence-corrected chi connectivity index (χ0v) is 19.0. The van der Waals surface area contributed by atoms with Gasteiger partial charge in [0.15, 0.2) is 5.82 Å². The number of carbonyl (C=O) groups is 1. The Morgan fingerprint density at radius 2 is 2.16 bits per heavy atom. The molecule has 0 aromatic carbocycles. The number of rotatable bonds is 5. The normalized spacial score (nSPS) is 19.3. The topological polar surface area (TPSA) is 67.4 Å². The van der Waals surface area contributed by atoms with E-state index in [1.165, 1.54) is 0 Å². The van der Waals surface area contributed by atoms with Crippen LogP contribution in [0.5, 0.6) is 0 Å². The number of aryl methyl sites for hydroxylation is 2. The molecule has 0 bridgehead atoms. The number of aromatic nitrogens is 3. The number of hydrogen-bond donors (Lipinski definition) is 0. The molecule has 166 valence electrons. The third kappa shape index (κ3) is 2.98. The van der Waals surface area contributed by atoms with E-state index in [-0.39, 0.29) is 11.4 Å². The number of hydrogen-bond acceptors (Lipinski definition) is 5. The molecule has 0 saturated carbocycles. The highest BCUT2D eigenvalue weighted by atomic mass is 16.5. The van der Waals surface area contributed by atoms with Crippen molar-refractivity contribution in [3.63, 3.8) is 0 Å². The van der Waals surface area contributed by atoms with Crippen LogP contribution in [-0.4, -0.2) is 45.1 Å². The van der Waals surface area contributed by atoms with Gasteiger partial charge in [-0.2, -0.15) is 0 Å².